The monoisotopic (exact) mass is 197 g/mol. The number of aromatic nitrogens is 2. The number of carbonyl (C=O) groups excluding carboxylic acids is 2. The maximum absolute atomic E-state index is 12.1. The molecule has 0 radical (unpaired) electrons. The molecule has 74 valence electrons. The van der Waals surface area contributed by atoms with E-state index in [1.165, 1.54) is 18.7 Å². The van der Waals surface area contributed by atoms with E-state index in [4.69, 9.17) is 5.48 Å². The number of carbonyl (C=O) groups is 2. The molecule has 0 aliphatic carbocycles. The largest absolute Gasteiger partial charge is 0.329 e. The molecule has 1 amide bonds. The summed E-state index contributed by atoms with van der Waals surface area (Å²) in [6.07, 6.45) is -0.195. The van der Waals surface area contributed by atoms with Crippen LogP contribution in [-0.2, 0) is 11.8 Å². The molecular weight excluding hydrogens is 182 g/mol. The van der Waals surface area contributed by atoms with Crippen molar-refractivity contribution in [1.82, 2.24) is 9.55 Å². The van der Waals surface area contributed by atoms with Crippen molar-refractivity contribution < 1.29 is 15.1 Å². The molecule has 1 aliphatic rings. The molecule has 2 rings (SSSR count). The molecule has 1 aliphatic heterocycles. The summed E-state index contributed by atoms with van der Waals surface area (Å²) in [7, 11) is 2.78. The second kappa shape index (κ2) is 2.67. The van der Waals surface area contributed by atoms with Gasteiger partial charge in [0.15, 0.2) is 11.6 Å². The van der Waals surface area contributed by atoms with Gasteiger partial charge in [0, 0.05) is 18.2 Å². The first-order valence-electron chi connectivity index (χ1n) is 6.01. The first kappa shape index (κ1) is 5.29. The van der Waals surface area contributed by atoms with Gasteiger partial charge in [-0.05, 0) is 6.85 Å². The normalized spacial score (nSPS) is 26.4. The lowest BCUT2D eigenvalue weighted by Gasteiger charge is -2.25. The number of ketones is 1. The number of imidazole rings is 1. The maximum atomic E-state index is 12.1. The Morgan fingerprint density at radius 3 is 2.93 bits per heavy atom. The first-order valence-corrected chi connectivity index (χ1v) is 4.01. The smallest absolute Gasteiger partial charge is 0.238 e. The Morgan fingerprint density at radius 2 is 2.29 bits per heavy atom. The molecule has 0 saturated heterocycles. The third kappa shape index (κ3) is 0.921. The van der Waals surface area contributed by atoms with E-state index in [2.05, 4.69) is 4.98 Å². The minimum atomic E-state index is -2.70. The Kier molecular flexibility index (Phi) is 1.01. The third-order valence-corrected chi connectivity index (χ3v) is 2.24. The summed E-state index contributed by atoms with van der Waals surface area (Å²) in [6, 6.07) is 0. The number of Topliss-reactive ketones (excluding diaryl/α,β-unsaturated/α-hetero) is 1. The summed E-state index contributed by atoms with van der Waals surface area (Å²) in [5.41, 5.74) is -0.0109. The van der Waals surface area contributed by atoms with Gasteiger partial charge in [0.2, 0.25) is 5.91 Å². The lowest BCUT2D eigenvalue weighted by atomic mass is 9.98. The third-order valence-electron chi connectivity index (χ3n) is 2.24. The van der Waals surface area contributed by atoms with Crippen molar-refractivity contribution >= 4 is 17.5 Å². The fourth-order valence-corrected chi connectivity index (χ4v) is 1.43. The molecule has 2 heterocycles. The maximum Gasteiger partial charge on any atom is 0.238 e. The standard InChI is InChI=1S/C9H11N3O2/c1-5-7(13)6-8(10-4-11(6)2)12(3)9(5)14/h4-5H,1-3H3/i1D3,4D. The molecule has 5 nitrogen and oxygen atoms in total. The summed E-state index contributed by atoms with van der Waals surface area (Å²) >= 11 is 0. The average Bonchev–Trinajstić information content (AvgIpc) is 2.51. The highest BCUT2D eigenvalue weighted by Gasteiger charge is 2.37. The van der Waals surface area contributed by atoms with Gasteiger partial charge in [0.1, 0.15) is 13.0 Å². The minimum Gasteiger partial charge on any atom is -0.329 e. The number of hydrogen-bond acceptors (Lipinski definition) is 3. The van der Waals surface area contributed by atoms with Crippen LogP contribution in [0.1, 0.15) is 22.8 Å². The van der Waals surface area contributed by atoms with Gasteiger partial charge in [-0.25, -0.2) is 4.98 Å². The van der Waals surface area contributed by atoms with Crippen LogP contribution in [0.3, 0.4) is 0 Å². The number of amides is 1. The number of hydrogen-bond donors (Lipinski definition) is 0. The van der Waals surface area contributed by atoms with Crippen molar-refractivity contribution in [3.05, 3.63) is 12.0 Å². The lowest BCUT2D eigenvalue weighted by molar-refractivity contribution is -0.120. The predicted molar refractivity (Wildman–Crippen MR) is 50.1 cm³/mol. The summed E-state index contributed by atoms with van der Waals surface area (Å²) in [5.74, 6) is -3.30. The Hall–Kier alpha value is -1.65. The number of rotatable bonds is 0. The van der Waals surface area contributed by atoms with Gasteiger partial charge in [-0.1, -0.05) is 0 Å². The molecule has 0 aromatic carbocycles. The molecule has 0 N–H and O–H groups in total. The molecule has 0 spiro atoms. The summed E-state index contributed by atoms with van der Waals surface area (Å²) < 4.78 is 30.5. The van der Waals surface area contributed by atoms with Crippen LogP contribution in [0.2, 0.25) is 0 Å². The van der Waals surface area contributed by atoms with E-state index < -0.39 is 24.5 Å². The fraction of sp³-hybridized carbons (Fsp3) is 0.444. The second-order valence-electron chi connectivity index (χ2n) is 3.14. The minimum absolute atomic E-state index is 0.0109. The molecule has 1 unspecified atom stereocenters. The van der Waals surface area contributed by atoms with Crippen molar-refractivity contribution in [3.63, 3.8) is 0 Å². The van der Waals surface area contributed by atoms with Gasteiger partial charge in [-0.3, -0.25) is 14.5 Å². The Labute approximate surface area is 87.0 Å². The van der Waals surface area contributed by atoms with Crippen LogP contribution in [0, 0.1) is 5.92 Å². The first-order chi connectivity index (χ1) is 8.16. The van der Waals surface area contributed by atoms with Crippen molar-refractivity contribution in [2.45, 2.75) is 6.85 Å². The summed E-state index contributed by atoms with van der Waals surface area (Å²) in [5, 5.41) is 0. The van der Waals surface area contributed by atoms with Gasteiger partial charge in [0.05, 0.1) is 6.30 Å². The van der Waals surface area contributed by atoms with E-state index in [1.807, 2.05) is 0 Å². The zero-order valence-corrected chi connectivity index (χ0v) is 7.74. The second-order valence-corrected chi connectivity index (χ2v) is 3.14. The van der Waals surface area contributed by atoms with Crippen molar-refractivity contribution in [2.75, 3.05) is 11.9 Å². The molecule has 1 aromatic rings. The predicted octanol–water partition coefficient (Wildman–Crippen LogP) is 0.215. The molecule has 1 aromatic heterocycles. The Morgan fingerprint density at radius 1 is 1.57 bits per heavy atom. The van der Waals surface area contributed by atoms with Gasteiger partial charge < -0.3 is 4.57 Å². The topological polar surface area (TPSA) is 55.2 Å². The zero-order chi connectivity index (χ0) is 13.8. The molecule has 0 saturated carbocycles. The van der Waals surface area contributed by atoms with Crippen LogP contribution in [0.5, 0.6) is 0 Å². The highest BCUT2D eigenvalue weighted by molar-refractivity contribution is 6.19. The quantitative estimate of drug-likeness (QED) is 0.559. The number of nitrogens with zero attached hydrogens (tertiary/aromatic N) is 3. The number of anilines is 1. The molecule has 14 heavy (non-hydrogen) atoms. The van der Waals surface area contributed by atoms with E-state index in [9.17, 15) is 9.59 Å². The van der Waals surface area contributed by atoms with Gasteiger partial charge in [-0.15, -0.1) is 0 Å². The van der Waals surface area contributed by atoms with Crippen LogP contribution in [0.25, 0.3) is 0 Å². The SMILES string of the molecule is [2H]c1nc2c(n1C)C(=O)C(C([2H])([2H])[2H])C(=O)N2C. The van der Waals surface area contributed by atoms with Crippen LogP contribution in [0.4, 0.5) is 5.82 Å². The highest BCUT2D eigenvalue weighted by Crippen LogP contribution is 2.27. The van der Waals surface area contributed by atoms with Crippen LogP contribution >= 0.6 is 0 Å². The van der Waals surface area contributed by atoms with Crippen molar-refractivity contribution in [2.24, 2.45) is 13.0 Å². The molecule has 1 atom stereocenters. The Bertz CT molecular complexity index is 549. The van der Waals surface area contributed by atoms with E-state index in [0.717, 1.165) is 4.90 Å². The zero-order valence-electron chi connectivity index (χ0n) is 11.7. The van der Waals surface area contributed by atoms with E-state index in [-0.39, 0.29) is 17.8 Å². The summed E-state index contributed by atoms with van der Waals surface area (Å²) in [4.78, 5) is 28.8. The molecular formula is C9H11N3O2. The van der Waals surface area contributed by atoms with Crippen molar-refractivity contribution in [1.29, 1.82) is 0 Å². The van der Waals surface area contributed by atoms with E-state index in [0.29, 0.717) is 0 Å². The molecule has 5 heteroatoms. The van der Waals surface area contributed by atoms with E-state index >= 15 is 0 Å². The molecule has 0 fully saturated rings. The molecule has 0 bridgehead atoms. The number of fused-ring (bicyclic) bond motifs is 1. The summed E-state index contributed by atoms with van der Waals surface area (Å²) in [6.45, 7) is -2.70. The van der Waals surface area contributed by atoms with Gasteiger partial charge in [-0.2, -0.15) is 0 Å². The van der Waals surface area contributed by atoms with Gasteiger partial charge >= 0.3 is 0 Å². The average molecular weight is 197 g/mol. The van der Waals surface area contributed by atoms with Gasteiger partial charge in [0.25, 0.3) is 0 Å². The van der Waals surface area contributed by atoms with Crippen LogP contribution in [-0.4, -0.2) is 28.3 Å². The fourth-order valence-electron chi connectivity index (χ4n) is 1.43. The van der Waals surface area contributed by atoms with Crippen molar-refractivity contribution in [3.8, 4) is 0 Å². The van der Waals surface area contributed by atoms with Crippen LogP contribution < -0.4 is 4.90 Å². The lowest BCUT2D eigenvalue weighted by Crippen LogP contribution is -2.41. The van der Waals surface area contributed by atoms with Crippen LogP contribution in [0.15, 0.2) is 6.30 Å². The highest BCUT2D eigenvalue weighted by atomic mass is 16.2. The Balaban J connectivity index is 2.66. The van der Waals surface area contributed by atoms with E-state index in [1.54, 1.807) is 0 Å².